The first-order valence-corrected chi connectivity index (χ1v) is 9.95. The topological polar surface area (TPSA) is 0 Å². The fourth-order valence-corrected chi connectivity index (χ4v) is 0. The average molecular weight is 334 g/mol. The Bertz CT molecular complexity index is 6.00. The first-order chi connectivity index (χ1) is 1.41. The van der Waals surface area contributed by atoms with Gasteiger partial charge in [-0.1, -0.05) is 0 Å². The maximum atomic E-state index is 4.96. The van der Waals surface area contributed by atoms with E-state index in [4.69, 9.17) is 16.6 Å². The Hall–Kier alpha value is 2.02. The molecule has 0 bridgehead atoms. The van der Waals surface area contributed by atoms with E-state index < -0.39 is 21.8 Å². The van der Waals surface area contributed by atoms with Gasteiger partial charge in [-0.15, -0.1) is 0 Å². The summed E-state index contributed by atoms with van der Waals surface area (Å²) in [5.41, 5.74) is 0. The minimum atomic E-state index is -0.972. The van der Waals surface area contributed by atoms with E-state index in [1.54, 1.807) is 0 Å². The van der Waals surface area contributed by atoms with Crippen molar-refractivity contribution in [1.29, 1.82) is 0 Å². The van der Waals surface area contributed by atoms with Crippen molar-refractivity contribution in [3.63, 3.8) is 0 Å². The number of hydrogen-bond donors (Lipinski definition) is 0. The fourth-order valence-electron chi connectivity index (χ4n) is 0. The summed E-state index contributed by atoms with van der Waals surface area (Å²) in [7, 11) is 9.92. The second-order valence-electron chi connectivity index (χ2n) is 0.0714. The van der Waals surface area contributed by atoms with E-state index in [-0.39, 0.29) is 17.1 Å². The van der Waals surface area contributed by atoms with E-state index in [1.165, 1.54) is 0 Å². The van der Waals surface area contributed by atoms with Gasteiger partial charge in [0.15, 0.2) is 0 Å². The summed E-state index contributed by atoms with van der Waals surface area (Å²) in [6.45, 7) is 0. The molecule has 0 N–H and O–H groups in total. The third-order valence-electron chi connectivity index (χ3n) is 0. The van der Waals surface area contributed by atoms with Crippen molar-refractivity contribution < 1.29 is 17.1 Å². The van der Waals surface area contributed by atoms with Crippen LogP contribution in [0.3, 0.4) is 0 Å². The van der Waals surface area contributed by atoms with Gasteiger partial charge in [0.05, 0.1) is 0 Å². The van der Waals surface area contributed by atoms with Crippen LogP contribution in [0, 0.1) is 0 Å². The predicted octanol–water partition coefficient (Wildman–Crippen LogP) is 0.996. The van der Waals surface area contributed by atoms with E-state index in [0.717, 1.165) is 0 Å². The van der Waals surface area contributed by atoms with Gasteiger partial charge in [0, 0.05) is 17.1 Å². The molecule has 0 aromatic rings. The number of rotatable bonds is 0. The molecule has 0 nitrogen and oxygen atoms in total. The summed E-state index contributed by atoms with van der Waals surface area (Å²) in [6.07, 6.45) is 0. The van der Waals surface area contributed by atoms with Crippen molar-refractivity contribution in [3.05, 3.63) is 0 Å². The van der Waals surface area contributed by atoms with Crippen molar-refractivity contribution in [2.24, 2.45) is 0 Å². The van der Waals surface area contributed by atoms with Crippen molar-refractivity contribution in [1.82, 2.24) is 0 Å². The van der Waals surface area contributed by atoms with Gasteiger partial charge in [-0.25, -0.2) is 0 Å². The van der Waals surface area contributed by atoms with Gasteiger partial charge >= 0.3 is 38.4 Å². The molecule has 26 valence electrons. The smallest absolute Gasteiger partial charge is 0 e. The largest absolute Gasteiger partial charge is 0 e. The summed E-state index contributed by atoms with van der Waals surface area (Å²) in [5, 5.41) is 0. The molecule has 0 aliphatic carbocycles. The van der Waals surface area contributed by atoms with Gasteiger partial charge < -0.3 is 0 Å². The molecule has 0 aliphatic rings. The van der Waals surface area contributed by atoms with Crippen molar-refractivity contribution in [3.8, 4) is 0 Å². The van der Waals surface area contributed by atoms with E-state index in [2.05, 4.69) is 0 Å². The van der Waals surface area contributed by atoms with Crippen LogP contribution in [-0.4, -0.2) is 21.8 Å². The molecule has 0 heterocycles. The van der Waals surface area contributed by atoms with Crippen LogP contribution in [0.25, 0.3) is 0 Å². The molecule has 0 rings (SSSR count). The maximum Gasteiger partial charge on any atom is 0 e. The Kier molecular flexibility index (Phi) is 20.9. The summed E-state index contributed by atoms with van der Waals surface area (Å²) in [4.78, 5) is 0. The van der Waals surface area contributed by atoms with Crippen LogP contribution < -0.4 is 0 Å². The van der Waals surface area contributed by atoms with E-state index in [0.29, 0.717) is 0 Å². The standard InChI is InChI=1S/2ClH.Fe.Pb/h2*1H;;/q;;;+2/p-2. The zero-order valence-corrected chi connectivity index (χ0v) is 8.11. The normalized spacial score (nSPS) is 4.50. The molecular weight excluding hydrogens is 334 g/mol. The molecule has 0 saturated carbocycles. The third kappa shape index (κ3) is 8.98. The first kappa shape index (κ1) is 9.39. The zero-order chi connectivity index (χ0) is 2.71. The summed E-state index contributed by atoms with van der Waals surface area (Å²) in [6, 6.07) is 0. The van der Waals surface area contributed by atoms with E-state index in [1.807, 2.05) is 0 Å². The zero-order valence-electron chi connectivity index (χ0n) is 1.61. The molecule has 0 fully saturated rings. The fraction of sp³-hybridized carbons (Fsp3) is 0. The minimum Gasteiger partial charge on any atom is 0 e. The van der Waals surface area contributed by atoms with E-state index in [9.17, 15) is 0 Å². The molecule has 0 aromatic carbocycles. The Morgan fingerprint density at radius 2 is 1.25 bits per heavy atom. The Morgan fingerprint density at radius 1 is 1.25 bits per heavy atom. The van der Waals surface area contributed by atoms with Crippen LogP contribution in [0.2, 0.25) is 0 Å². The molecule has 0 saturated heterocycles. The van der Waals surface area contributed by atoms with Gasteiger partial charge in [-0.3, -0.25) is 0 Å². The molecule has 0 aliphatic heterocycles. The quantitative estimate of drug-likeness (QED) is 0.580. The SMILES string of the molecule is [Cl][Pb][Cl].[Fe]. The molecule has 2 radical (unpaired) electrons. The second kappa shape index (κ2) is 8.90. The van der Waals surface area contributed by atoms with Gasteiger partial charge in [0.25, 0.3) is 0 Å². The van der Waals surface area contributed by atoms with Crippen LogP contribution in [-0.2, 0) is 17.1 Å². The second-order valence-corrected chi connectivity index (χ2v) is 5.64. The average Bonchev–Trinajstić information content (AvgIpc) is 0.918. The molecule has 4 heavy (non-hydrogen) atoms. The molecule has 4 heteroatoms. The number of hydrogen-bond acceptors (Lipinski definition) is 0. The molecule has 0 aromatic heterocycles. The molecule has 0 amide bonds. The van der Waals surface area contributed by atoms with Gasteiger partial charge in [0.2, 0.25) is 0 Å². The predicted molar refractivity (Wildman–Crippen MR) is 17.5 cm³/mol. The summed E-state index contributed by atoms with van der Waals surface area (Å²) >= 11 is -0.972. The van der Waals surface area contributed by atoms with Crippen LogP contribution in [0.4, 0.5) is 0 Å². The Balaban J connectivity index is 0. The van der Waals surface area contributed by atoms with Gasteiger partial charge in [-0.2, -0.15) is 0 Å². The van der Waals surface area contributed by atoms with Crippen LogP contribution in [0.5, 0.6) is 0 Å². The van der Waals surface area contributed by atoms with Crippen molar-refractivity contribution in [2.75, 3.05) is 0 Å². The van der Waals surface area contributed by atoms with Crippen LogP contribution in [0.1, 0.15) is 0 Å². The Morgan fingerprint density at radius 3 is 1.25 bits per heavy atom. The molecule has 0 atom stereocenters. The Labute approximate surface area is 54.9 Å². The van der Waals surface area contributed by atoms with Gasteiger partial charge in [-0.05, 0) is 0 Å². The molecule has 0 spiro atoms. The van der Waals surface area contributed by atoms with Gasteiger partial charge in [0.1, 0.15) is 0 Å². The first-order valence-electron chi connectivity index (χ1n) is 0.378. The molecule has 0 unspecified atom stereocenters. The monoisotopic (exact) mass is 334 g/mol. The van der Waals surface area contributed by atoms with Crippen LogP contribution in [0.15, 0.2) is 0 Å². The minimum absolute atomic E-state index is 0. The summed E-state index contributed by atoms with van der Waals surface area (Å²) in [5.74, 6) is 0. The third-order valence-corrected chi connectivity index (χ3v) is 0. The maximum absolute atomic E-state index is 4.96. The van der Waals surface area contributed by atoms with Crippen molar-refractivity contribution in [2.45, 2.75) is 0 Å². The van der Waals surface area contributed by atoms with E-state index >= 15 is 0 Å². The summed E-state index contributed by atoms with van der Waals surface area (Å²) < 4.78 is 0. The van der Waals surface area contributed by atoms with Crippen molar-refractivity contribution >= 4 is 38.4 Å². The number of halogens is 2. The van der Waals surface area contributed by atoms with Crippen LogP contribution >= 0.6 is 16.6 Å². The molecular formula is Cl2FePb.